The van der Waals surface area contributed by atoms with Gasteiger partial charge in [-0.3, -0.25) is 9.71 Å². The van der Waals surface area contributed by atoms with Crippen molar-refractivity contribution in [2.45, 2.75) is 17.7 Å². The molecule has 0 atom stereocenters. The Morgan fingerprint density at radius 3 is 2.36 bits per heavy atom. The Labute approximate surface area is 159 Å². The lowest BCUT2D eigenvalue weighted by molar-refractivity contribution is -0.137. The van der Waals surface area contributed by atoms with Crippen LogP contribution in [0.2, 0.25) is 0 Å². The molecule has 0 saturated carbocycles. The molecule has 0 unspecified atom stereocenters. The van der Waals surface area contributed by atoms with E-state index in [4.69, 9.17) is 4.74 Å². The van der Waals surface area contributed by atoms with Gasteiger partial charge in [-0.05, 0) is 48.5 Å². The first-order valence-corrected chi connectivity index (χ1v) is 9.55. The van der Waals surface area contributed by atoms with Crippen molar-refractivity contribution in [1.29, 1.82) is 0 Å². The summed E-state index contributed by atoms with van der Waals surface area (Å²) in [6.45, 7) is 0.204. The second-order valence-corrected chi connectivity index (χ2v) is 7.45. The molecule has 0 aliphatic heterocycles. The fraction of sp³-hybridized carbons (Fsp3) is 0.105. The molecule has 28 heavy (non-hydrogen) atoms. The molecule has 2 aromatic carbocycles. The largest absolute Gasteiger partial charge is 0.487 e. The molecule has 0 fully saturated rings. The molecule has 1 N–H and O–H groups in total. The summed E-state index contributed by atoms with van der Waals surface area (Å²) in [4.78, 5) is 3.85. The van der Waals surface area contributed by atoms with E-state index in [0.717, 1.165) is 24.3 Å². The summed E-state index contributed by atoms with van der Waals surface area (Å²) in [7, 11) is -4.04. The Kier molecular flexibility index (Phi) is 5.55. The highest BCUT2D eigenvalue weighted by molar-refractivity contribution is 7.92. The first-order chi connectivity index (χ1) is 13.2. The molecule has 3 aromatic rings. The molecule has 0 radical (unpaired) electrons. The van der Waals surface area contributed by atoms with Crippen LogP contribution >= 0.6 is 0 Å². The van der Waals surface area contributed by atoms with Gasteiger partial charge >= 0.3 is 6.18 Å². The summed E-state index contributed by atoms with van der Waals surface area (Å²) < 4.78 is 70.6. The lowest BCUT2D eigenvalue weighted by atomic mass is 10.2. The second kappa shape index (κ2) is 7.89. The first kappa shape index (κ1) is 19.7. The maximum Gasteiger partial charge on any atom is 0.416 e. The van der Waals surface area contributed by atoms with E-state index < -0.39 is 21.8 Å². The second-order valence-electron chi connectivity index (χ2n) is 5.77. The molecule has 9 heteroatoms. The molecular weight excluding hydrogens is 393 g/mol. The molecule has 1 heterocycles. The Morgan fingerprint density at radius 2 is 1.71 bits per heavy atom. The Morgan fingerprint density at radius 1 is 0.964 bits per heavy atom. The maximum atomic E-state index is 12.6. The van der Waals surface area contributed by atoms with Crippen LogP contribution < -0.4 is 9.46 Å². The van der Waals surface area contributed by atoms with Crippen molar-refractivity contribution in [1.82, 2.24) is 4.98 Å². The third-order valence-electron chi connectivity index (χ3n) is 3.69. The van der Waals surface area contributed by atoms with Gasteiger partial charge in [-0.2, -0.15) is 13.2 Å². The standard InChI is InChI=1S/C19H15F3N2O3S/c20-19(21,22)14-7-9-18(10-8-14)28(25,26)24-15-5-3-6-17(12-15)27-13-16-4-1-2-11-23-16/h1-12,24H,13H2. The summed E-state index contributed by atoms with van der Waals surface area (Å²) in [6.07, 6.45) is -2.90. The number of hydrogen-bond acceptors (Lipinski definition) is 4. The van der Waals surface area contributed by atoms with Crippen molar-refractivity contribution in [2.75, 3.05) is 4.72 Å². The number of pyridine rings is 1. The van der Waals surface area contributed by atoms with E-state index in [1.807, 2.05) is 6.07 Å². The van der Waals surface area contributed by atoms with Crippen LogP contribution in [0, 0.1) is 0 Å². The summed E-state index contributed by atoms with van der Waals surface area (Å²) in [5, 5.41) is 0. The minimum absolute atomic E-state index is 0.204. The zero-order valence-corrected chi connectivity index (χ0v) is 15.2. The van der Waals surface area contributed by atoms with Crippen molar-refractivity contribution in [3.8, 4) is 5.75 Å². The quantitative estimate of drug-likeness (QED) is 0.653. The average Bonchev–Trinajstić information content (AvgIpc) is 2.67. The summed E-state index contributed by atoms with van der Waals surface area (Å²) in [6, 6.07) is 14.9. The predicted molar refractivity (Wildman–Crippen MR) is 97.3 cm³/mol. The van der Waals surface area contributed by atoms with Gasteiger partial charge in [0.2, 0.25) is 0 Å². The van der Waals surface area contributed by atoms with Gasteiger partial charge in [0.15, 0.2) is 0 Å². The Hall–Kier alpha value is -3.07. The van der Waals surface area contributed by atoms with Crippen LogP contribution in [0.5, 0.6) is 5.75 Å². The van der Waals surface area contributed by atoms with E-state index >= 15 is 0 Å². The molecule has 0 bridgehead atoms. The van der Waals surface area contributed by atoms with Gasteiger partial charge in [0.25, 0.3) is 10.0 Å². The highest BCUT2D eigenvalue weighted by Crippen LogP contribution is 2.30. The fourth-order valence-corrected chi connectivity index (χ4v) is 3.38. The summed E-state index contributed by atoms with van der Waals surface area (Å²) in [5.74, 6) is 0.415. The minimum atomic E-state index is -4.53. The van der Waals surface area contributed by atoms with E-state index in [-0.39, 0.29) is 17.2 Å². The van der Waals surface area contributed by atoms with E-state index in [0.29, 0.717) is 11.4 Å². The van der Waals surface area contributed by atoms with Gasteiger partial charge in [-0.15, -0.1) is 0 Å². The van der Waals surface area contributed by atoms with Crippen LogP contribution in [0.25, 0.3) is 0 Å². The highest BCUT2D eigenvalue weighted by atomic mass is 32.2. The lowest BCUT2D eigenvalue weighted by Crippen LogP contribution is -2.13. The molecule has 0 amide bonds. The number of alkyl halides is 3. The zero-order valence-electron chi connectivity index (χ0n) is 14.3. The van der Waals surface area contributed by atoms with Crippen LogP contribution in [0.4, 0.5) is 18.9 Å². The number of nitrogens with zero attached hydrogens (tertiary/aromatic N) is 1. The van der Waals surface area contributed by atoms with Gasteiger partial charge in [-0.25, -0.2) is 8.42 Å². The Balaban J connectivity index is 1.72. The topological polar surface area (TPSA) is 68.3 Å². The monoisotopic (exact) mass is 408 g/mol. The minimum Gasteiger partial charge on any atom is -0.487 e. The number of sulfonamides is 1. The third-order valence-corrected chi connectivity index (χ3v) is 5.09. The van der Waals surface area contributed by atoms with Crippen molar-refractivity contribution in [3.63, 3.8) is 0 Å². The van der Waals surface area contributed by atoms with Gasteiger partial charge in [0.05, 0.1) is 21.8 Å². The molecular formula is C19H15F3N2O3S. The SMILES string of the molecule is O=S(=O)(Nc1cccc(OCc2ccccn2)c1)c1ccc(C(F)(F)F)cc1. The number of anilines is 1. The first-order valence-electron chi connectivity index (χ1n) is 8.07. The highest BCUT2D eigenvalue weighted by Gasteiger charge is 2.30. The maximum absolute atomic E-state index is 12.6. The van der Waals surface area contributed by atoms with E-state index in [9.17, 15) is 21.6 Å². The molecule has 5 nitrogen and oxygen atoms in total. The molecule has 146 valence electrons. The fourth-order valence-electron chi connectivity index (χ4n) is 2.33. The Bertz CT molecular complexity index is 1040. The van der Waals surface area contributed by atoms with Crippen molar-refractivity contribution >= 4 is 15.7 Å². The lowest BCUT2D eigenvalue weighted by Gasteiger charge is -2.11. The van der Waals surface area contributed by atoms with Crippen LogP contribution in [-0.2, 0) is 22.8 Å². The smallest absolute Gasteiger partial charge is 0.416 e. The van der Waals surface area contributed by atoms with Crippen molar-refractivity contribution in [2.24, 2.45) is 0 Å². The number of rotatable bonds is 6. The normalized spacial score (nSPS) is 11.8. The molecule has 0 aliphatic carbocycles. The van der Waals surface area contributed by atoms with Crippen LogP contribution in [0.3, 0.4) is 0 Å². The van der Waals surface area contributed by atoms with E-state index in [1.54, 1.807) is 30.5 Å². The zero-order chi connectivity index (χ0) is 20.2. The van der Waals surface area contributed by atoms with Gasteiger partial charge in [-0.1, -0.05) is 12.1 Å². The van der Waals surface area contributed by atoms with Gasteiger partial charge in [0, 0.05) is 12.3 Å². The molecule has 0 saturated heterocycles. The van der Waals surface area contributed by atoms with Crippen molar-refractivity contribution < 1.29 is 26.3 Å². The summed E-state index contributed by atoms with van der Waals surface area (Å²) >= 11 is 0. The number of benzene rings is 2. The predicted octanol–water partition coefficient (Wildman–Crippen LogP) is 4.48. The summed E-state index contributed by atoms with van der Waals surface area (Å²) in [5.41, 5.74) is 0.00743. The number of halogens is 3. The number of hydrogen-bond donors (Lipinski definition) is 1. The number of nitrogens with one attached hydrogen (secondary N) is 1. The average molecular weight is 408 g/mol. The van der Waals surface area contributed by atoms with Gasteiger partial charge < -0.3 is 4.74 Å². The van der Waals surface area contributed by atoms with Crippen LogP contribution in [0.1, 0.15) is 11.3 Å². The van der Waals surface area contributed by atoms with Crippen molar-refractivity contribution in [3.05, 3.63) is 84.2 Å². The number of ether oxygens (including phenoxy) is 1. The third kappa shape index (κ3) is 5.01. The van der Waals surface area contributed by atoms with Crippen LogP contribution in [-0.4, -0.2) is 13.4 Å². The molecule has 1 aromatic heterocycles. The van der Waals surface area contributed by atoms with E-state index in [1.165, 1.54) is 12.1 Å². The number of aromatic nitrogens is 1. The molecule has 3 rings (SSSR count). The van der Waals surface area contributed by atoms with Gasteiger partial charge in [0.1, 0.15) is 12.4 Å². The van der Waals surface area contributed by atoms with E-state index in [2.05, 4.69) is 9.71 Å². The molecule has 0 aliphatic rings. The van der Waals surface area contributed by atoms with Crippen LogP contribution in [0.15, 0.2) is 77.8 Å². The molecule has 0 spiro atoms.